The number of hydrogen-bond acceptors (Lipinski definition) is 6. The quantitative estimate of drug-likeness (QED) is 0.702. The van der Waals surface area contributed by atoms with Gasteiger partial charge < -0.3 is 15.6 Å². The first-order valence-corrected chi connectivity index (χ1v) is 6.96. The average molecular weight is 303 g/mol. The molecule has 0 radical (unpaired) electrons. The maximum atomic E-state index is 12.4. The molecule has 22 heavy (non-hydrogen) atoms. The molecular weight excluding hydrogens is 286 g/mol. The van der Waals surface area contributed by atoms with Gasteiger partial charge in [-0.05, 0) is 12.8 Å². The molecule has 0 bridgehead atoms. The van der Waals surface area contributed by atoms with Crippen LogP contribution in [0.1, 0.15) is 12.8 Å². The van der Waals surface area contributed by atoms with Crippen molar-refractivity contribution in [3.63, 3.8) is 0 Å². The number of methoxy groups -OCH3 is 1. The number of anilines is 1. The van der Waals surface area contributed by atoms with Gasteiger partial charge in [0.25, 0.3) is 5.91 Å². The number of nitrogens with zero attached hydrogens (tertiary/aromatic N) is 3. The molecule has 2 aliphatic rings. The largest absolute Gasteiger partial charge is 0.506 e. The number of benzene rings is 1. The number of rotatable bonds is 2. The maximum absolute atomic E-state index is 12.4. The Kier molecular flexibility index (Phi) is 3.36. The number of aromatic hydroxyl groups is 1. The van der Waals surface area contributed by atoms with Crippen LogP contribution < -0.4 is 10.5 Å². The summed E-state index contributed by atoms with van der Waals surface area (Å²) in [5.41, 5.74) is 6.15. The zero-order valence-corrected chi connectivity index (χ0v) is 12.2. The van der Waals surface area contributed by atoms with Crippen molar-refractivity contribution in [2.75, 3.05) is 25.9 Å². The van der Waals surface area contributed by atoms with E-state index >= 15 is 0 Å². The lowest BCUT2D eigenvalue weighted by Crippen LogP contribution is -2.45. The molecular formula is C14H17N5O3. The molecule has 1 aromatic carbocycles. The van der Waals surface area contributed by atoms with E-state index in [0.717, 1.165) is 12.8 Å². The van der Waals surface area contributed by atoms with Crippen LogP contribution in [0, 0.1) is 5.41 Å². The first kappa shape index (κ1) is 14.2. The third-order valence-electron chi connectivity index (χ3n) is 3.76. The number of phenolic OH excluding ortho intramolecular Hbond substituents is 1. The highest BCUT2D eigenvalue weighted by Crippen LogP contribution is 2.36. The Morgan fingerprint density at radius 2 is 2.00 bits per heavy atom. The number of nitrogens with one attached hydrogen (secondary N) is 1. The number of phenols is 1. The van der Waals surface area contributed by atoms with Crippen molar-refractivity contribution in [3.05, 3.63) is 12.1 Å². The van der Waals surface area contributed by atoms with E-state index in [2.05, 4.69) is 4.99 Å². The first-order chi connectivity index (χ1) is 10.5. The van der Waals surface area contributed by atoms with Crippen molar-refractivity contribution in [1.29, 1.82) is 5.41 Å². The van der Waals surface area contributed by atoms with Crippen molar-refractivity contribution in [2.24, 2.45) is 4.99 Å². The van der Waals surface area contributed by atoms with Crippen LogP contribution in [-0.4, -0.2) is 52.8 Å². The van der Waals surface area contributed by atoms with Gasteiger partial charge in [-0.15, -0.1) is 0 Å². The summed E-state index contributed by atoms with van der Waals surface area (Å²) in [7, 11) is 1.45. The van der Waals surface area contributed by atoms with Crippen LogP contribution in [-0.2, 0) is 4.79 Å². The monoisotopic (exact) mass is 303 g/mol. The summed E-state index contributed by atoms with van der Waals surface area (Å²) in [6, 6.07) is 2.76. The third kappa shape index (κ3) is 2.12. The fourth-order valence-corrected chi connectivity index (χ4v) is 2.62. The van der Waals surface area contributed by atoms with Gasteiger partial charge in [0, 0.05) is 25.2 Å². The molecule has 3 rings (SSSR count). The van der Waals surface area contributed by atoms with Crippen molar-refractivity contribution in [1.82, 2.24) is 10.0 Å². The van der Waals surface area contributed by atoms with E-state index in [1.807, 2.05) is 0 Å². The summed E-state index contributed by atoms with van der Waals surface area (Å²) >= 11 is 0. The fourth-order valence-electron chi connectivity index (χ4n) is 2.62. The van der Waals surface area contributed by atoms with Crippen LogP contribution >= 0.6 is 0 Å². The predicted molar refractivity (Wildman–Crippen MR) is 81.5 cm³/mol. The molecule has 0 unspecified atom stereocenters. The van der Waals surface area contributed by atoms with Crippen LogP contribution in [0.25, 0.3) is 0 Å². The Bertz CT molecular complexity index is 659. The Morgan fingerprint density at radius 3 is 2.64 bits per heavy atom. The molecule has 1 amide bonds. The van der Waals surface area contributed by atoms with E-state index in [1.165, 1.54) is 24.3 Å². The number of ether oxygens (including phenoxy) is 1. The second kappa shape index (κ2) is 5.21. The van der Waals surface area contributed by atoms with Crippen LogP contribution in [0.5, 0.6) is 11.5 Å². The summed E-state index contributed by atoms with van der Waals surface area (Å²) < 4.78 is 5.09. The molecule has 2 heterocycles. The molecule has 4 N–H and O–H groups in total. The van der Waals surface area contributed by atoms with Gasteiger partial charge in [-0.3, -0.25) is 15.2 Å². The zero-order chi connectivity index (χ0) is 15.9. The summed E-state index contributed by atoms with van der Waals surface area (Å²) in [6.45, 7) is 1.21. The fraction of sp³-hybridized carbons (Fsp3) is 0.357. The lowest BCUT2D eigenvalue weighted by atomic mass is 10.2. The minimum atomic E-state index is -0.320. The predicted octanol–water partition coefficient (Wildman–Crippen LogP) is 0.886. The number of nitrogen functional groups attached to an aromatic ring is 1. The van der Waals surface area contributed by atoms with Crippen LogP contribution in [0.3, 0.4) is 0 Å². The lowest BCUT2D eigenvalue weighted by molar-refractivity contribution is -0.134. The Morgan fingerprint density at radius 1 is 1.32 bits per heavy atom. The molecule has 0 saturated carbocycles. The van der Waals surface area contributed by atoms with Crippen molar-refractivity contribution in [3.8, 4) is 11.5 Å². The highest BCUT2D eigenvalue weighted by atomic mass is 16.5. The lowest BCUT2D eigenvalue weighted by Gasteiger charge is -2.32. The number of amides is 1. The minimum Gasteiger partial charge on any atom is -0.506 e. The Labute approximate surface area is 127 Å². The Balaban J connectivity index is 2.01. The van der Waals surface area contributed by atoms with Crippen LogP contribution in [0.2, 0.25) is 0 Å². The molecule has 0 spiro atoms. The Hall–Kier alpha value is -2.77. The standard InChI is InChI=1S/C14H17N5O3/c1-22-11-7-9(10(20)6-8(11)15)17-12-13(16)18-4-2-3-5-19(18)14(12)21/h6-7,16,20H,2-5,15H2,1H3. The summed E-state index contributed by atoms with van der Waals surface area (Å²) in [6.07, 6.45) is 1.84. The van der Waals surface area contributed by atoms with Crippen molar-refractivity contribution < 1.29 is 14.6 Å². The van der Waals surface area contributed by atoms with Gasteiger partial charge in [-0.1, -0.05) is 0 Å². The maximum Gasteiger partial charge on any atom is 0.294 e. The van der Waals surface area contributed by atoms with Gasteiger partial charge >= 0.3 is 0 Å². The van der Waals surface area contributed by atoms with Crippen molar-refractivity contribution >= 4 is 28.8 Å². The summed E-state index contributed by atoms with van der Waals surface area (Å²) in [5.74, 6) is -0.0711. The number of amidine groups is 1. The second-order valence-corrected chi connectivity index (χ2v) is 5.15. The third-order valence-corrected chi connectivity index (χ3v) is 3.76. The van der Waals surface area contributed by atoms with Gasteiger partial charge in [0.1, 0.15) is 17.2 Å². The smallest absolute Gasteiger partial charge is 0.294 e. The summed E-state index contributed by atoms with van der Waals surface area (Å²) in [5, 5.41) is 21.2. The zero-order valence-electron chi connectivity index (χ0n) is 12.2. The molecule has 2 aliphatic heterocycles. The number of hydrazine groups is 1. The summed E-state index contributed by atoms with van der Waals surface area (Å²) in [4.78, 5) is 16.5. The average Bonchev–Trinajstić information content (AvgIpc) is 2.75. The second-order valence-electron chi connectivity index (χ2n) is 5.15. The minimum absolute atomic E-state index is 0.0176. The molecule has 2 fully saturated rings. The SMILES string of the molecule is COc1cc(N=C2C(=N)N3CCCCN3C2=O)c(O)cc1N. The van der Waals surface area contributed by atoms with E-state index in [9.17, 15) is 9.90 Å². The number of nitrogens with two attached hydrogens (primary N) is 1. The van der Waals surface area contributed by atoms with Crippen molar-refractivity contribution in [2.45, 2.75) is 12.8 Å². The highest BCUT2D eigenvalue weighted by Gasteiger charge is 2.40. The van der Waals surface area contributed by atoms with Crippen LogP contribution in [0.15, 0.2) is 17.1 Å². The van der Waals surface area contributed by atoms with Gasteiger partial charge in [0.2, 0.25) is 0 Å². The number of carbonyl (C=O) groups excluding carboxylic acids is 1. The molecule has 8 nitrogen and oxygen atoms in total. The molecule has 0 atom stereocenters. The molecule has 0 aromatic heterocycles. The topological polar surface area (TPSA) is 115 Å². The molecule has 0 aliphatic carbocycles. The molecule has 1 aromatic rings. The van der Waals surface area contributed by atoms with Gasteiger partial charge in [-0.25, -0.2) is 10.0 Å². The first-order valence-electron chi connectivity index (χ1n) is 6.96. The normalized spacial score (nSPS) is 19.8. The number of hydrogen-bond donors (Lipinski definition) is 3. The van der Waals surface area contributed by atoms with E-state index in [4.69, 9.17) is 15.9 Å². The van der Waals surface area contributed by atoms with E-state index in [1.54, 1.807) is 5.01 Å². The van der Waals surface area contributed by atoms with Gasteiger partial charge in [0.05, 0.1) is 12.8 Å². The number of fused-ring (bicyclic) bond motifs is 1. The number of carbonyl (C=O) groups is 1. The molecule has 8 heteroatoms. The van der Waals surface area contributed by atoms with Gasteiger partial charge in [-0.2, -0.15) is 0 Å². The van der Waals surface area contributed by atoms with E-state index < -0.39 is 0 Å². The van der Waals surface area contributed by atoms with Crippen LogP contribution in [0.4, 0.5) is 11.4 Å². The molecule has 2 saturated heterocycles. The molecule has 116 valence electrons. The van der Waals surface area contributed by atoms with E-state index in [0.29, 0.717) is 18.8 Å². The highest BCUT2D eigenvalue weighted by molar-refractivity contribution is 6.68. The van der Waals surface area contributed by atoms with Gasteiger partial charge in [0.15, 0.2) is 11.5 Å². The van der Waals surface area contributed by atoms with E-state index in [-0.39, 0.29) is 34.6 Å². The number of aliphatic imine (C=N–C) groups is 1.